The zero-order valence-corrected chi connectivity index (χ0v) is 11.5. The summed E-state index contributed by atoms with van der Waals surface area (Å²) in [6, 6.07) is 0. The number of hydrogen-bond acceptors (Lipinski definition) is 4. The Morgan fingerprint density at radius 3 is 2.59 bits per heavy atom. The molecule has 0 radical (unpaired) electrons. The van der Waals surface area contributed by atoms with Crippen LogP contribution in [0.2, 0.25) is 0 Å². The highest BCUT2D eigenvalue weighted by Crippen LogP contribution is 2.13. The zero-order chi connectivity index (χ0) is 13.1. The minimum Gasteiger partial charge on any atom is -0.394 e. The minimum atomic E-state index is -0.220. The van der Waals surface area contributed by atoms with Crippen molar-refractivity contribution in [2.45, 2.75) is 32.4 Å². The molecule has 0 spiro atoms. The molecule has 1 atom stereocenters. The van der Waals surface area contributed by atoms with Gasteiger partial charge in [0.25, 0.3) is 0 Å². The Kier molecular flexibility index (Phi) is 4.54. The second-order valence-electron chi connectivity index (χ2n) is 4.93. The monoisotopic (exact) mass is 240 g/mol. The van der Waals surface area contributed by atoms with Crippen LogP contribution in [0.1, 0.15) is 26.0 Å². The summed E-state index contributed by atoms with van der Waals surface area (Å²) in [7, 11) is 5.95. The first-order chi connectivity index (χ1) is 7.93. The van der Waals surface area contributed by atoms with Gasteiger partial charge in [0.2, 0.25) is 5.95 Å². The number of anilines is 1. The van der Waals surface area contributed by atoms with Gasteiger partial charge in [-0.2, -0.15) is 0 Å². The topological polar surface area (TPSA) is 53.3 Å². The largest absolute Gasteiger partial charge is 0.394 e. The van der Waals surface area contributed by atoms with E-state index in [1.165, 1.54) is 0 Å². The first-order valence-corrected chi connectivity index (χ1v) is 5.97. The Morgan fingerprint density at radius 1 is 1.53 bits per heavy atom. The van der Waals surface area contributed by atoms with Crippen LogP contribution in [-0.4, -0.2) is 40.9 Å². The molecule has 0 fully saturated rings. The Bertz CT molecular complexity index is 355. The van der Waals surface area contributed by atoms with Gasteiger partial charge in [0, 0.05) is 33.2 Å². The molecule has 1 aromatic rings. The first-order valence-electron chi connectivity index (χ1n) is 5.97. The lowest BCUT2D eigenvalue weighted by Gasteiger charge is -2.27. The van der Waals surface area contributed by atoms with Gasteiger partial charge in [0.05, 0.1) is 18.5 Å². The highest BCUT2D eigenvalue weighted by atomic mass is 16.3. The summed E-state index contributed by atoms with van der Waals surface area (Å²) in [5.41, 5.74) is 0.893. The van der Waals surface area contributed by atoms with E-state index in [1.807, 2.05) is 39.2 Å². The van der Waals surface area contributed by atoms with Gasteiger partial charge in [-0.25, -0.2) is 4.98 Å². The van der Waals surface area contributed by atoms with Crippen molar-refractivity contribution in [2.24, 2.45) is 7.05 Å². The molecule has 0 aliphatic rings. The number of nitrogens with zero attached hydrogens (tertiary/aromatic N) is 3. The Labute approximate surface area is 103 Å². The molecule has 1 aromatic heterocycles. The van der Waals surface area contributed by atoms with E-state index >= 15 is 0 Å². The van der Waals surface area contributed by atoms with Crippen molar-refractivity contribution < 1.29 is 5.11 Å². The minimum absolute atomic E-state index is 0.141. The molecule has 1 heterocycles. The zero-order valence-electron chi connectivity index (χ0n) is 11.5. The number of aromatic nitrogens is 2. The third-order valence-electron chi connectivity index (χ3n) is 3.29. The maximum Gasteiger partial charge on any atom is 0.204 e. The second-order valence-corrected chi connectivity index (χ2v) is 4.93. The molecule has 0 saturated carbocycles. The lowest BCUT2D eigenvalue weighted by Crippen LogP contribution is -2.44. The average molecular weight is 240 g/mol. The van der Waals surface area contributed by atoms with E-state index in [-0.39, 0.29) is 12.1 Å². The van der Waals surface area contributed by atoms with E-state index in [0.717, 1.165) is 18.1 Å². The molecule has 5 heteroatoms. The summed E-state index contributed by atoms with van der Waals surface area (Å²) in [5.74, 6) is 0.934. The highest BCUT2D eigenvalue weighted by Gasteiger charge is 2.20. The van der Waals surface area contributed by atoms with Gasteiger partial charge in [-0.05, 0) is 13.3 Å². The van der Waals surface area contributed by atoms with Crippen LogP contribution in [0.25, 0.3) is 0 Å². The lowest BCUT2D eigenvalue weighted by molar-refractivity contribution is 0.168. The Balaban J connectivity index is 2.70. The molecule has 5 nitrogen and oxygen atoms in total. The fraction of sp³-hybridized carbons (Fsp3) is 0.750. The van der Waals surface area contributed by atoms with Crippen molar-refractivity contribution in [3.8, 4) is 0 Å². The molecule has 0 amide bonds. The molecule has 0 aromatic carbocycles. The van der Waals surface area contributed by atoms with Crippen LogP contribution >= 0.6 is 0 Å². The second kappa shape index (κ2) is 5.51. The summed E-state index contributed by atoms with van der Waals surface area (Å²) in [4.78, 5) is 6.33. The third-order valence-corrected chi connectivity index (χ3v) is 3.29. The first kappa shape index (κ1) is 14.0. The standard InChI is InChI=1S/C12H24N4O/c1-6-12(2,9-17)14-8-10-7-13-11(15(3)4)16(10)5/h7,14,17H,6,8-9H2,1-5H3. The molecule has 0 aliphatic heterocycles. The third kappa shape index (κ3) is 3.20. The van der Waals surface area contributed by atoms with E-state index < -0.39 is 0 Å². The van der Waals surface area contributed by atoms with E-state index in [1.54, 1.807) is 0 Å². The maximum atomic E-state index is 9.33. The summed E-state index contributed by atoms with van der Waals surface area (Å²) >= 11 is 0. The predicted octanol–water partition coefficient (Wildman–Crippen LogP) is 0.737. The van der Waals surface area contributed by atoms with Crippen molar-refractivity contribution in [3.05, 3.63) is 11.9 Å². The van der Waals surface area contributed by atoms with Crippen LogP contribution in [0.15, 0.2) is 6.20 Å². The van der Waals surface area contributed by atoms with Crippen LogP contribution in [-0.2, 0) is 13.6 Å². The lowest BCUT2D eigenvalue weighted by atomic mass is 10.0. The SMILES string of the molecule is CCC(C)(CO)NCc1cnc(N(C)C)n1C. The van der Waals surface area contributed by atoms with E-state index in [0.29, 0.717) is 6.54 Å². The van der Waals surface area contributed by atoms with E-state index in [4.69, 9.17) is 0 Å². The van der Waals surface area contributed by atoms with Gasteiger partial charge in [-0.3, -0.25) is 0 Å². The molecule has 2 N–H and O–H groups in total. The summed E-state index contributed by atoms with van der Waals surface area (Å²) in [5, 5.41) is 12.7. The smallest absolute Gasteiger partial charge is 0.204 e. The van der Waals surface area contributed by atoms with Gasteiger partial charge >= 0.3 is 0 Å². The number of nitrogens with one attached hydrogen (secondary N) is 1. The summed E-state index contributed by atoms with van der Waals surface area (Å²) in [6.07, 6.45) is 2.76. The quantitative estimate of drug-likeness (QED) is 0.770. The van der Waals surface area contributed by atoms with Gasteiger partial charge in [-0.1, -0.05) is 6.92 Å². The normalized spacial score (nSPS) is 14.7. The predicted molar refractivity (Wildman–Crippen MR) is 70.2 cm³/mol. The molecule has 0 aliphatic carbocycles. The van der Waals surface area contributed by atoms with Crippen molar-refractivity contribution in [1.82, 2.24) is 14.9 Å². The van der Waals surface area contributed by atoms with E-state index in [9.17, 15) is 5.11 Å². The van der Waals surface area contributed by atoms with Gasteiger partial charge in [-0.15, -0.1) is 0 Å². The maximum absolute atomic E-state index is 9.33. The van der Waals surface area contributed by atoms with Gasteiger partial charge in [0.15, 0.2) is 0 Å². The molecule has 17 heavy (non-hydrogen) atoms. The van der Waals surface area contributed by atoms with Gasteiger partial charge < -0.3 is 19.9 Å². The van der Waals surface area contributed by atoms with E-state index in [2.05, 4.69) is 21.8 Å². The van der Waals surface area contributed by atoms with Gasteiger partial charge in [0.1, 0.15) is 0 Å². The highest BCUT2D eigenvalue weighted by molar-refractivity contribution is 5.30. The van der Waals surface area contributed by atoms with Crippen molar-refractivity contribution in [3.63, 3.8) is 0 Å². The Morgan fingerprint density at radius 2 is 2.18 bits per heavy atom. The summed E-state index contributed by atoms with van der Waals surface area (Å²) in [6.45, 7) is 4.94. The fourth-order valence-electron chi connectivity index (χ4n) is 1.61. The van der Waals surface area contributed by atoms with Crippen LogP contribution < -0.4 is 10.2 Å². The van der Waals surface area contributed by atoms with Crippen LogP contribution in [0, 0.1) is 0 Å². The number of imidazole rings is 1. The molecule has 98 valence electrons. The van der Waals surface area contributed by atoms with Crippen LogP contribution in [0.5, 0.6) is 0 Å². The van der Waals surface area contributed by atoms with Crippen molar-refractivity contribution in [1.29, 1.82) is 0 Å². The average Bonchev–Trinajstić information content (AvgIpc) is 2.68. The van der Waals surface area contributed by atoms with Crippen molar-refractivity contribution in [2.75, 3.05) is 25.6 Å². The Hall–Kier alpha value is -1.07. The number of aliphatic hydroxyl groups is 1. The van der Waals surface area contributed by atoms with Crippen LogP contribution in [0.4, 0.5) is 5.95 Å². The summed E-state index contributed by atoms with van der Waals surface area (Å²) < 4.78 is 2.06. The molecule has 0 bridgehead atoms. The molecule has 1 rings (SSSR count). The molecule has 1 unspecified atom stereocenters. The molecular weight excluding hydrogens is 216 g/mol. The number of hydrogen-bond donors (Lipinski definition) is 2. The molecule has 0 saturated heterocycles. The fourth-order valence-corrected chi connectivity index (χ4v) is 1.61. The number of rotatable bonds is 6. The van der Waals surface area contributed by atoms with Crippen molar-refractivity contribution >= 4 is 5.95 Å². The number of aliphatic hydroxyl groups excluding tert-OH is 1. The molecular formula is C12H24N4O. The van der Waals surface area contributed by atoms with Crippen LogP contribution in [0.3, 0.4) is 0 Å².